The zero-order valence-corrected chi connectivity index (χ0v) is 17.5. The first-order valence-electron chi connectivity index (χ1n) is 8.97. The molecule has 9 nitrogen and oxygen atoms in total. The molecule has 2 aromatic rings. The summed E-state index contributed by atoms with van der Waals surface area (Å²) in [5.41, 5.74) is -1.60. The molecule has 0 saturated heterocycles. The van der Waals surface area contributed by atoms with Crippen molar-refractivity contribution < 1.29 is 41.9 Å². The first-order chi connectivity index (χ1) is 15.4. The summed E-state index contributed by atoms with van der Waals surface area (Å²) in [7, 11) is 0. The molecule has 1 atom stereocenters. The maximum atomic E-state index is 12.8. The Morgan fingerprint density at radius 1 is 1.24 bits per heavy atom. The van der Waals surface area contributed by atoms with Crippen molar-refractivity contribution in [3.8, 4) is 17.6 Å². The van der Waals surface area contributed by atoms with Crippen molar-refractivity contribution in [2.75, 3.05) is 6.61 Å². The molecule has 33 heavy (non-hydrogen) atoms. The first-order valence-corrected chi connectivity index (χ1v) is 9.35. The molecule has 0 saturated carbocycles. The van der Waals surface area contributed by atoms with E-state index >= 15 is 0 Å². The Balaban J connectivity index is 2.21. The van der Waals surface area contributed by atoms with Crippen LogP contribution in [0, 0.1) is 21.4 Å². The fraction of sp³-hybridized carbons (Fsp3) is 0.250. The minimum absolute atomic E-state index is 0.0495. The molecule has 0 bridgehead atoms. The van der Waals surface area contributed by atoms with E-state index in [4.69, 9.17) is 26.3 Å². The summed E-state index contributed by atoms with van der Waals surface area (Å²) in [6.45, 7) is 0.649. The topological polar surface area (TPSA) is 129 Å². The summed E-state index contributed by atoms with van der Waals surface area (Å²) in [4.78, 5) is 34.2. The minimum Gasteiger partial charge on any atom is -0.456 e. The highest BCUT2D eigenvalue weighted by atomic mass is 35.5. The molecule has 0 aliphatic heterocycles. The smallest absolute Gasteiger partial charge is 0.416 e. The van der Waals surface area contributed by atoms with Crippen LogP contribution in [-0.2, 0) is 31.7 Å². The fourth-order valence-electron chi connectivity index (χ4n) is 2.50. The zero-order valence-electron chi connectivity index (χ0n) is 16.7. The summed E-state index contributed by atoms with van der Waals surface area (Å²) >= 11 is 5.84. The summed E-state index contributed by atoms with van der Waals surface area (Å²) < 4.78 is 53.1. The molecular weight excluding hydrogens is 473 g/mol. The van der Waals surface area contributed by atoms with Gasteiger partial charge in [0.15, 0.2) is 12.7 Å². The lowest BCUT2D eigenvalue weighted by molar-refractivity contribution is -0.385. The largest absolute Gasteiger partial charge is 0.456 e. The quantitative estimate of drug-likeness (QED) is 0.301. The molecular formula is C20H14ClF3N2O7. The number of alkyl halides is 3. The van der Waals surface area contributed by atoms with Gasteiger partial charge in [-0.1, -0.05) is 11.6 Å². The van der Waals surface area contributed by atoms with Gasteiger partial charge in [0.05, 0.1) is 21.9 Å². The fourth-order valence-corrected chi connectivity index (χ4v) is 2.71. The molecule has 0 fully saturated rings. The van der Waals surface area contributed by atoms with Crippen LogP contribution in [0.1, 0.15) is 18.1 Å². The third-order valence-corrected chi connectivity index (χ3v) is 4.28. The Labute approximate surface area is 189 Å². The molecule has 0 aromatic heterocycles. The van der Waals surface area contributed by atoms with Crippen molar-refractivity contribution in [3.05, 3.63) is 62.7 Å². The molecule has 0 radical (unpaired) electrons. The van der Waals surface area contributed by atoms with Crippen molar-refractivity contribution >= 4 is 29.2 Å². The normalized spacial score (nSPS) is 11.8. The Morgan fingerprint density at radius 2 is 1.94 bits per heavy atom. The molecule has 174 valence electrons. The number of esters is 2. The lowest BCUT2D eigenvalue weighted by Crippen LogP contribution is -2.27. The molecule has 0 amide bonds. The Morgan fingerprint density at radius 3 is 2.52 bits per heavy atom. The number of carbonyl (C=O) groups excluding carboxylic acids is 2. The maximum absolute atomic E-state index is 12.8. The number of nitro groups is 1. The number of nitrogens with zero attached hydrogens (tertiary/aromatic N) is 2. The van der Waals surface area contributed by atoms with E-state index in [9.17, 15) is 32.9 Å². The van der Waals surface area contributed by atoms with Crippen molar-refractivity contribution in [2.24, 2.45) is 0 Å². The van der Waals surface area contributed by atoms with Gasteiger partial charge in [-0.2, -0.15) is 18.4 Å². The molecule has 2 aromatic carbocycles. The number of nitro benzene ring substituents is 1. The van der Waals surface area contributed by atoms with Gasteiger partial charge in [0.1, 0.15) is 17.6 Å². The van der Waals surface area contributed by atoms with Crippen LogP contribution >= 0.6 is 11.6 Å². The Hall–Kier alpha value is -3.85. The lowest BCUT2D eigenvalue weighted by atomic mass is 10.1. The standard InChI is InChI=1S/C20H14ClF3N2O7/c1-11(19(28)31-7-6-25)32-18(27)9-12-8-14(3-4-16(12)26(29)30)33-17-5-2-13(10-15(17)21)20(22,23)24/h2-5,8,10-11H,7,9H2,1H3. The predicted octanol–water partition coefficient (Wildman–Crippen LogP) is 4.60. The van der Waals surface area contributed by atoms with Gasteiger partial charge in [-0.3, -0.25) is 14.9 Å². The first kappa shape index (κ1) is 25.4. The SMILES string of the molecule is CC(OC(=O)Cc1cc(Oc2ccc(C(F)(F)F)cc2Cl)ccc1[N+](=O)[O-])C(=O)OCC#N. The molecule has 2 rings (SSSR count). The van der Waals surface area contributed by atoms with E-state index in [1.165, 1.54) is 13.0 Å². The van der Waals surface area contributed by atoms with Gasteiger partial charge >= 0.3 is 18.1 Å². The second-order valence-electron chi connectivity index (χ2n) is 6.37. The third kappa shape index (κ3) is 7.08. The molecule has 0 aliphatic rings. The summed E-state index contributed by atoms with van der Waals surface area (Å²) in [6.07, 6.45) is -6.61. The molecule has 13 heteroatoms. The number of ether oxygens (including phenoxy) is 3. The maximum Gasteiger partial charge on any atom is 0.416 e. The number of nitriles is 1. The lowest BCUT2D eigenvalue weighted by Gasteiger charge is -2.13. The number of carbonyl (C=O) groups is 2. The highest BCUT2D eigenvalue weighted by molar-refractivity contribution is 6.32. The summed E-state index contributed by atoms with van der Waals surface area (Å²) in [5, 5.41) is 19.3. The van der Waals surface area contributed by atoms with Crippen LogP contribution in [0.3, 0.4) is 0 Å². The summed E-state index contributed by atoms with van der Waals surface area (Å²) in [5.74, 6) is -2.19. The van der Waals surface area contributed by atoms with E-state index in [-0.39, 0.29) is 22.1 Å². The third-order valence-electron chi connectivity index (χ3n) is 3.99. The Kier molecular flexibility index (Phi) is 8.20. The number of rotatable bonds is 8. The van der Waals surface area contributed by atoms with Crippen molar-refractivity contribution in [3.63, 3.8) is 0 Å². The van der Waals surface area contributed by atoms with Gasteiger partial charge in [0.2, 0.25) is 0 Å². The van der Waals surface area contributed by atoms with Crippen LogP contribution < -0.4 is 4.74 Å². The minimum atomic E-state index is -4.61. The monoisotopic (exact) mass is 486 g/mol. The summed E-state index contributed by atoms with van der Waals surface area (Å²) in [6, 6.07) is 7.27. The van der Waals surface area contributed by atoms with Crippen LogP contribution in [0.4, 0.5) is 18.9 Å². The van der Waals surface area contributed by atoms with Gasteiger partial charge in [-0.05, 0) is 37.3 Å². The van der Waals surface area contributed by atoms with E-state index < -0.39 is 53.4 Å². The number of hydrogen-bond donors (Lipinski definition) is 0. The molecule has 1 unspecified atom stereocenters. The second-order valence-corrected chi connectivity index (χ2v) is 6.77. The van der Waals surface area contributed by atoms with E-state index in [1.54, 1.807) is 6.07 Å². The van der Waals surface area contributed by atoms with Crippen LogP contribution in [0.2, 0.25) is 5.02 Å². The number of benzene rings is 2. The Bertz CT molecular complexity index is 1120. The van der Waals surface area contributed by atoms with Crippen molar-refractivity contribution in [1.82, 2.24) is 0 Å². The van der Waals surface area contributed by atoms with Crippen LogP contribution in [-0.4, -0.2) is 29.6 Å². The number of halogens is 4. The van der Waals surface area contributed by atoms with Gasteiger partial charge in [-0.15, -0.1) is 0 Å². The van der Waals surface area contributed by atoms with E-state index in [1.807, 2.05) is 0 Å². The van der Waals surface area contributed by atoms with E-state index in [0.717, 1.165) is 24.3 Å². The van der Waals surface area contributed by atoms with E-state index in [0.29, 0.717) is 6.07 Å². The molecule has 0 aliphatic carbocycles. The van der Waals surface area contributed by atoms with Crippen molar-refractivity contribution in [1.29, 1.82) is 5.26 Å². The van der Waals surface area contributed by atoms with Gasteiger partial charge < -0.3 is 14.2 Å². The van der Waals surface area contributed by atoms with Gasteiger partial charge in [0, 0.05) is 11.6 Å². The van der Waals surface area contributed by atoms with Crippen molar-refractivity contribution in [2.45, 2.75) is 25.6 Å². The highest BCUT2D eigenvalue weighted by Gasteiger charge is 2.31. The van der Waals surface area contributed by atoms with Crippen LogP contribution in [0.15, 0.2) is 36.4 Å². The highest BCUT2D eigenvalue weighted by Crippen LogP contribution is 2.37. The van der Waals surface area contributed by atoms with Crippen LogP contribution in [0.25, 0.3) is 0 Å². The average molecular weight is 487 g/mol. The number of hydrogen-bond acceptors (Lipinski definition) is 8. The van der Waals surface area contributed by atoms with Crippen LogP contribution in [0.5, 0.6) is 11.5 Å². The average Bonchev–Trinajstić information content (AvgIpc) is 2.72. The van der Waals surface area contributed by atoms with Gasteiger partial charge in [0.25, 0.3) is 5.69 Å². The van der Waals surface area contributed by atoms with E-state index in [2.05, 4.69) is 4.74 Å². The van der Waals surface area contributed by atoms with Gasteiger partial charge in [-0.25, -0.2) is 4.79 Å². The second kappa shape index (κ2) is 10.6. The molecule has 0 N–H and O–H groups in total. The predicted molar refractivity (Wildman–Crippen MR) is 105 cm³/mol. The zero-order chi connectivity index (χ0) is 24.8. The molecule has 0 spiro atoms. The molecule has 0 heterocycles.